The lowest BCUT2D eigenvalue weighted by molar-refractivity contribution is 0.180. The Bertz CT molecular complexity index is 597. The minimum atomic E-state index is 0.0702. The van der Waals surface area contributed by atoms with Gasteiger partial charge in [0.05, 0.1) is 6.61 Å². The van der Waals surface area contributed by atoms with Crippen LogP contribution in [0.25, 0.3) is 0 Å². The first-order valence-electron chi connectivity index (χ1n) is 7.33. The van der Waals surface area contributed by atoms with Crippen LogP contribution >= 0.6 is 11.8 Å². The zero-order valence-corrected chi connectivity index (χ0v) is 13.0. The second-order valence-electron chi connectivity index (χ2n) is 5.56. The number of aliphatic hydroxyl groups excluding tert-OH is 1. The number of hydrogen-bond acceptors (Lipinski definition) is 3. The fourth-order valence-corrected chi connectivity index (χ4v) is 3.59. The molecule has 0 fully saturated rings. The Morgan fingerprint density at radius 3 is 2.81 bits per heavy atom. The molecule has 2 nitrogen and oxygen atoms in total. The van der Waals surface area contributed by atoms with Crippen LogP contribution in [0.2, 0.25) is 0 Å². The van der Waals surface area contributed by atoms with Crippen LogP contribution < -0.4 is 4.74 Å². The first kappa shape index (κ1) is 14.5. The molecule has 1 N–H and O–H groups in total. The molecule has 1 aliphatic heterocycles. The lowest BCUT2D eigenvalue weighted by Crippen LogP contribution is -2.24. The van der Waals surface area contributed by atoms with Gasteiger partial charge in [-0.1, -0.05) is 37.3 Å². The van der Waals surface area contributed by atoms with E-state index < -0.39 is 0 Å². The van der Waals surface area contributed by atoms with Crippen molar-refractivity contribution in [3.8, 4) is 5.75 Å². The first-order valence-corrected chi connectivity index (χ1v) is 8.32. The van der Waals surface area contributed by atoms with E-state index in [9.17, 15) is 5.11 Å². The van der Waals surface area contributed by atoms with Crippen molar-refractivity contribution in [3.63, 3.8) is 0 Å². The second-order valence-corrected chi connectivity index (χ2v) is 6.66. The van der Waals surface area contributed by atoms with Gasteiger partial charge in [0, 0.05) is 23.0 Å². The number of thioether (sulfide) groups is 1. The van der Waals surface area contributed by atoms with E-state index in [2.05, 4.69) is 37.3 Å². The van der Waals surface area contributed by atoms with Crippen LogP contribution in [0.3, 0.4) is 0 Å². The highest BCUT2D eigenvalue weighted by Crippen LogP contribution is 2.34. The van der Waals surface area contributed by atoms with Gasteiger partial charge in [-0.25, -0.2) is 0 Å². The lowest BCUT2D eigenvalue weighted by Gasteiger charge is -2.18. The Labute approximate surface area is 130 Å². The van der Waals surface area contributed by atoms with E-state index in [1.54, 1.807) is 0 Å². The van der Waals surface area contributed by atoms with Crippen molar-refractivity contribution in [1.29, 1.82) is 0 Å². The second kappa shape index (κ2) is 6.54. The van der Waals surface area contributed by atoms with Gasteiger partial charge in [-0.3, -0.25) is 0 Å². The summed E-state index contributed by atoms with van der Waals surface area (Å²) in [6.07, 6.45) is 1.21. The fraction of sp³-hybridized carbons (Fsp3) is 0.333. The highest BCUT2D eigenvalue weighted by molar-refractivity contribution is 7.99. The zero-order valence-electron chi connectivity index (χ0n) is 12.2. The summed E-state index contributed by atoms with van der Waals surface area (Å²) in [6, 6.07) is 16.5. The summed E-state index contributed by atoms with van der Waals surface area (Å²) in [7, 11) is 0. The highest BCUT2D eigenvalue weighted by Gasteiger charge is 2.27. The third kappa shape index (κ3) is 3.42. The summed E-state index contributed by atoms with van der Waals surface area (Å²) in [5.41, 5.74) is 2.18. The van der Waals surface area contributed by atoms with Crippen molar-refractivity contribution in [2.24, 2.45) is 5.92 Å². The maximum absolute atomic E-state index is 9.20. The van der Waals surface area contributed by atoms with Gasteiger partial charge in [0.15, 0.2) is 0 Å². The van der Waals surface area contributed by atoms with Crippen molar-refractivity contribution < 1.29 is 9.84 Å². The standard InChI is InChI=1S/C18H20O2S/c1-13(12-21-16-5-3-2-4-6-16)17-10-15-8-7-14(11-19)9-18(15)20-17/h2-9,13,17,19H,10-12H2,1H3/t13-,17+/m0/s1. The largest absolute Gasteiger partial charge is 0.489 e. The van der Waals surface area contributed by atoms with Crippen LogP contribution in [0.4, 0.5) is 0 Å². The van der Waals surface area contributed by atoms with E-state index in [1.165, 1.54) is 10.5 Å². The van der Waals surface area contributed by atoms with E-state index in [0.717, 1.165) is 23.5 Å². The number of benzene rings is 2. The fourth-order valence-electron chi connectivity index (χ4n) is 2.57. The molecule has 2 aromatic carbocycles. The van der Waals surface area contributed by atoms with E-state index in [-0.39, 0.29) is 12.7 Å². The van der Waals surface area contributed by atoms with Gasteiger partial charge in [0.1, 0.15) is 11.9 Å². The quantitative estimate of drug-likeness (QED) is 0.849. The predicted octanol–water partition coefficient (Wildman–Crippen LogP) is 3.91. The van der Waals surface area contributed by atoms with Crippen LogP contribution in [-0.2, 0) is 13.0 Å². The maximum atomic E-state index is 9.20. The molecule has 0 spiro atoms. The van der Waals surface area contributed by atoms with Crippen LogP contribution in [-0.4, -0.2) is 17.0 Å². The predicted molar refractivity (Wildman–Crippen MR) is 86.8 cm³/mol. The minimum Gasteiger partial charge on any atom is -0.489 e. The van der Waals surface area contributed by atoms with Crippen LogP contribution in [0, 0.1) is 5.92 Å². The average Bonchev–Trinajstić information content (AvgIpc) is 2.96. The van der Waals surface area contributed by atoms with E-state index in [1.807, 2.05) is 30.0 Å². The molecular weight excluding hydrogens is 280 g/mol. The molecule has 0 unspecified atom stereocenters. The van der Waals surface area contributed by atoms with Crippen molar-refractivity contribution in [3.05, 3.63) is 59.7 Å². The molecule has 0 radical (unpaired) electrons. The minimum absolute atomic E-state index is 0.0702. The normalized spacial score (nSPS) is 18.1. The summed E-state index contributed by atoms with van der Waals surface area (Å²) in [4.78, 5) is 1.31. The van der Waals surface area contributed by atoms with Gasteiger partial charge < -0.3 is 9.84 Å². The molecule has 2 atom stereocenters. The molecule has 0 bridgehead atoms. The van der Waals surface area contributed by atoms with E-state index in [0.29, 0.717) is 5.92 Å². The van der Waals surface area contributed by atoms with Gasteiger partial charge in [0.25, 0.3) is 0 Å². The lowest BCUT2D eigenvalue weighted by atomic mass is 10.0. The Balaban J connectivity index is 1.59. The molecule has 0 aromatic heterocycles. The van der Waals surface area contributed by atoms with Crippen LogP contribution in [0.1, 0.15) is 18.1 Å². The molecule has 0 amide bonds. The van der Waals surface area contributed by atoms with Crippen molar-refractivity contribution in [1.82, 2.24) is 0 Å². The molecule has 0 saturated carbocycles. The van der Waals surface area contributed by atoms with Crippen molar-refractivity contribution in [2.45, 2.75) is 31.0 Å². The molecule has 2 aromatic rings. The summed E-state index contributed by atoms with van der Waals surface area (Å²) in [5.74, 6) is 2.48. The number of rotatable bonds is 5. The molecule has 21 heavy (non-hydrogen) atoms. The van der Waals surface area contributed by atoms with Crippen molar-refractivity contribution in [2.75, 3.05) is 5.75 Å². The summed E-state index contributed by atoms with van der Waals surface area (Å²) < 4.78 is 6.08. The number of hydrogen-bond donors (Lipinski definition) is 1. The average molecular weight is 300 g/mol. The van der Waals surface area contributed by atoms with E-state index >= 15 is 0 Å². The smallest absolute Gasteiger partial charge is 0.123 e. The molecule has 3 rings (SSSR count). The molecule has 110 valence electrons. The summed E-state index contributed by atoms with van der Waals surface area (Å²) >= 11 is 1.88. The van der Waals surface area contributed by atoms with Crippen LogP contribution in [0.15, 0.2) is 53.4 Å². The van der Waals surface area contributed by atoms with Crippen molar-refractivity contribution >= 4 is 11.8 Å². The van der Waals surface area contributed by atoms with Gasteiger partial charge >= 0.3 is 0 Å². The molecular formula is C18H20O2S. The topological polar surface area (TPSA) is 29.5 Å². The SMILES string of the molecule is C[C@@H](CSc1ccccc1)[C@H]1Cc2ccc(CO)cc2O1. The Kier molecular flexibility index (Phi) is 4.51. The van der Waals surface area contributed by atoms with Crippen LogP contribution in [0.5, 0.6) is 5.75 Å². The Hall–Kier alpha value is -1.45. The maximum Gasteiger partial charge on any atom is 0.123 e. The third-order valence-corrected chi connectivity index (χ3v) is 5.20. The molecule has 0 aliphatic carbocycles. The molecule has 3 heteroatoms. The zero-order chi connectivity index (χ0) is 14.7. The number of fused-ring (bicyclic) bond motifs is 1. The molecule has 0 saturated heterocycles. The summed E-state index contributed by atoms with van der Waals surface area (Å²) in [5, 5.41) is 9.20. The molecule has 1 aliphatic rings. The number of aliphatic hydroxyl groups is 1. The number of ether oxygens (including phenoxy) is 1. The van der Waals surface area contributed by atoms with Gasteiger partial charge in [-0.15, -0.1) is 11.8 Å². The molecule has 1 heterocycles. The Morgan fingerprint density at radius 2 is 2.05 bits per heavy atom. The van der Waals surface area contributed by atoms with Gasteiger partial charge in [0.2, 0.25) is 0 Å². The van der Waals surface area contributed by atoms with Gasteiger partial charge in [-0.2, -0.15) is 0 Å². The third-order valence-electron chi connectivity index (χ3n) is 3.90. The Morgan fingerprint density at radius 1 is 1.24 bits per heavy atom. The van der Waals surface area contributed by atoms with Gasteiger partial charge in [-0.05, 0) is 29.3 Å². The monoisotopic (exact) mass is 300 g/mol. The van der Waals surface area contributed by atoms with E-state index in [4.69, 9.17) is 4.74 Å². The highest BCUT2D eigenvalue weighted by atomic mass is 32.2. The summed E-state index contributed by atoms with van der Waals surface area (Å²) in [6.45, 7) is 2.32. The first-order chi connectivity index (χ1) is 10.3.